The second-order valence-electron chi connectivity index (χ2n) is 24.6. The predicted octanol–water partition coefficient (Wildman–Crippen LogP) is 16.5. The summed E-state index contributed by atoms with van der Waals surface area (Å²) >= 11 is 3.96. The molecule has 0 unspecified atom stereocenters. The summed E-state index contributed by atoms with van der Waals surface area (Å²) in [6, 6.07) is 126. The zero-order valence-electron chi connectivity index (χ0n) is 51.1. The van der Waals surface area contributed by atoms with Gasteiger partial charge in [-0.3, -0.25) is 0 Å². The van der Waals surface area contributed by atoms with Crippen LogP contribution in [-0.2, 0) is 0 Å². The Bertz CT molecular complexity index is 4880. The van der Waals surface area contributed by atoms with Crippen LogP contribution < -0.4 is 73.7 Å². The molecule has 0 N–H and O–H groups in total. The Labute approximate surface area is 558 Å². The standard InChI is InChI=1S/C84H56B3N5S2/c1-8-30-57(31-9-1)88(58-32-10-2-11-33-58)64-52-76-80-78(54-64)93-83-70(86(80)68-46-24-28-50-74(68)91(76)62-40-18-6-19-41-62)56-71-84(82(83)85-66-44-22-26-48-72(66)90(61-38-16-5-17-39-61)73-49-27-23-45-67(73)85)94-79-55-65(89(59-34-12-3-13-35-59)60-36-14-4-15-37-60)53-77-81(79)87(71)69-47-25-29-51-75(69)92(77)63-42-20-7-21-43-63/h1-56H. The van der Waals surface area contributed by atoms with E-state index in [0.29, 0.717) is 0 Å². The molecule has 0 fully saturated rings. The average molecular weight is 1230 g/mol. The van der Waals surface area contributed by atoms with Crippen LogP contribution in [0, 0.1) is 0 Å². The Morgan fingerprint density at radius 1 is 0.213 bits per heavy atom. The lowest BCUT2D eigenvalue weighted by Crippen LogP contribution is -2.68. The molecule has 0 spiro atoms. The Kier molecular flexibility index (Phi) is 13.0. The van der Waals surface area contributed by atoms with Crippen molar-refractivity contribution in [1.82, 2.24) is 0 Å². The van der Waals surface area contributed by atoms with Crippen molar-refractivity contribution in [2.75, 3.05) is 24.5 Å². The highest BCUT2D eigenvalue weighted by Gasteiger charge is 2.50. The van der Waals surface area contributed by atoms with Gasteiger partial charge in [-0.25, -0.2) is 0 Å². The number of nitrogens with zero attached hydrogens (tertiary/aromatic N) is 5. The predicted molar refractivity (Wildman–Crippen MR) is 401 cm³/mol. The van der Waals surface area contributed by atoms with E-state index < -0.39 is 0 Å². The molecule has 0 saturated carbocycles. The van der Waals surface area contributed by atoms with Crippen molar-refractivity contribution in [3.63, 3.8) is 0 Å². The van der Waals surface area contributed by atoms with E-state index >= 15 is 0 Å². The first-order valence-corrected chi connectivity index (χ1v) is 34.0. The largest absolute Gasteiger partial charge is 0.312 e. The molecule has 0 aliphatic carbocycles. The summed E-state index contributed by atoms with van der Waals surface area (Å²) in [7, 11) is 0. The quantitative estimate of drug-likeness (QED) is 0.125. The van der Waals surface area contributed by atoms with E-state index in [1.807, 2.05) is 23.5 Å². The molecular weight excluding hydrogens is 1180 g/mol. The van der Waals surface area contributed by atoms with Gasteiger partial charge in [-0.15, -0.1) is 0 Å². The van der Waals surface area contributed by atoms with Crippen LogP contribution in [0.1, 0.15) is 0 Å². The zero-order chi connectivity index (χ0) is 61.8. The lowest BCUT2D eigenvalue weighted by Gasteiger charge is -2.45. The summed E-state index contributed by atoms with van der Waals surface area (Å²) in [6.45, 7) is -0.449. The van der Waals surface area contributed by atoms with Crippen molar-refractivity contribution in [3.05, 3.63) is 340 Å². The molecule has 19 rings (SSSR count). The highest BCUT2D eigenvalue weighted by molar-refractivity contribution is 8.01. The van der Waals surface area contributed by atoms with E-state index in [1.165, 1.54) is 103 Å². The molecule has 0 aromatic heterocycles. The van der Waals surface area contributed by atoms with Crippen LogP contribution in [-0.4, -0.2) is 20.1 Å². The Hall–Kier alpha value is -11.0. The Morgan fingerprint density at radius 3 is 0.777 bits per heavy atom. The van der Waals surface area contributed by atoms with Gasteiger partial charge in [0, 0.05) is 105 Å². The first kappa shape index (κ1) is 54.7. The van der Waals surface area contributed by atoms with Crippen LogP contribution in [0.3, 0.4) is 0 Å². The summed E-state index contributed by atoms with van der Waals surface area (Å²) in [4.78, 5) is 17.6. The van der Waals surface area contributed by atoms with Gasteiger partial charge in [-0.2, -0.15) is 0 Å². The van der Waals surface area contributed by atoms with Crippen LogP contribution in [0.2, 0.25) is 0 Å². The van der Waals surface area contributed by atoms with Crippen LogP contribution in [0.4, 0.5) is 85.3 Å². The van der Waals surface area contributed by atoms with Crippen LogP contribution in [0.5, 0.6) is 0 Å². The Balaban J connectivity index is 0.941. The van der Waals surface area contributed by atoms with Gasteiger partial charge in [0.15, 0.2) is 0 Å². The van der Waals surface area contributed by atoms with E-state index in [2.05, 4.69) is 364 Å². The van der Waals surface area contributed by atoms with Crippen molar-refractivity contribution in [3.8, 4) is 0 Å². The van der Waals surface area contributed by atoms with E-state index in [9.17, 15) is 0 Å². The van der Waals surface area contributed by atoms with Gasteiger partial charge in [0.05, 0.1) is 0 Å². The highest BCUT2D eigenvalue weighted by atomic mass is 32.2. The number of fused-ring (bicyclic) bond motifs is 10. The maximum absolute atomic E-state index is 2.70. The van der Waals surface area contributed by atoms with Crippen molar-refractivity contribution in [2.45, 2.75) is 19.6 Å². The molecule has 0 saturated heterocycles. The minimum Gasteiger partial charge on any atom is -0.312 e. The van der Waals surface area contributed by atoms with Gasteiger partial charge in [0.1, 0.15) is 0 Å². The van der Waals surface area contributed by atoms with Gasteiger partial charge >= 0.3 is 0 Å². The van der Waals surface area contributed by atoms with E-state index in [4.69, 9.17) is 0 Å². The SMILES string of the molecule is c1ccc(N(c2ccccc2)c2cc3c4c(c2)N(c2ccccc2)c2ccccc2B4c2cc4c(c(B5c6ccccc6N(c6ccccc6)c6ccccc65)c2S3)Sc2cc(N(c3ccccc3)c3ccccc3)cc3c2B4c2ccccc2N3c2ccccc2)cc1. The fourth-order valence-electron chi connectivity index (χ4n) is 15.8. The minimum atomic E-state index is -0.181. The number of hydrogen-bond donors (Lipinski definition) is 0. The molecule has 14 aromatic carbocycles. The molecule has 94 heavy (non-hydrogen) atoms. The zero-order valence-corrected chi connectivity index (χ0v) is 52.7. The maximum atomic E-state index is 2.70. The van der Waals surface area contributed by atoms with Crippen LogP contribution >= 0.6 is 23.5 Å². The average Bonchev–Trinajstić information content (AvgIpc) is 0.686. The molecule has 0 amide bonds. The molecule has 0 bridgehead atoms. The lowest BCUT2D eigenvalue weighted by atomic mass is 9.29. The lowest BCUT2D eigenvalue weighted by molar-refractivity contribution is 1.22. The normalized spacial score (nSPS) is 13.3. The fourth-order valence-corrected chi connectivity index (χ4v) is 18.5. The molecule has 5 heterocycles. The number of rotatable bonds is 10. The number of benzene rings is 14. The summed E-state index contributed by atoms with van der Waals surface area (Å²) in [5.41, 5.74) is 28.9. The molecule has 5 aliphatic rings. The minimum absolute atomic E-state index is 0.134. The number of anilines is 15. The second-order valence-corrected chi connectivity index (χ2v) is 26.7. The fraction of sp³-hybridized carbons (Fsp3) is 0. The van der Waals surface area contributed by atoms with E-state index in [0.717, 1.165) is 51.2 Å². The summed E-state index contributed by atoms with van der Waals surface area (Å²) in [5, 5.41) is 0. The molecule has 0 radical (unpaired) electrons. The second kappa shape index (κ2) is 22.4. The summed E-state index contributed by atoms with van der Waals surface area (Å²) in [5.74, 6) is 0. The monoisotopic (exact) mass is 1230 g/mol. The first-order chi connectivity index (χ1) is 46.7. The number of para-hydroxylation sites is 11. The Morgan fingerprint density at radius 2 is 0.468 bits per heavy atom. The maximum Gasteiger partial charge on any atom is 0.249 e. The molecule has 10 heteroatoms. The van der Waals surface area contributed by atoms with Crippen molar-refractivity contribution >= 4 is 178 Å². The first-order valence-electron chi connectivity index (χ1n) is 32.3. The molecular formula is C84H56B3N5S2. The van der Waals surface area contributed by atoms with Crippen molar-refractivity contribution < 1.29 is 0 Å². The molecule has 0 atom stereocenters. The molecule has 5 nitrogen and oxygen atoms in total. The number of hydrogen-bond acceptors (Lipinski definition) is 7. The van der Waals surface area contributed by atoms with Gasteiger partial charge in [-0.1, -0.05) is 241 Å². The van der Waals surface area contributed by atoms with Crippen molar-refractivity contribution in [2.24, 2.45) is 0 Å². The summed E-state index contributed by atoms with van der Waals surface area (Å²) < 4.78 is 0. The van der Waals surface area contributed by atoms with Crippen LogP contribution in [0.15, 0.2) is 359 Å². The third kappa shape index (κ3) is 8.63. The van der Waals surface area contributed by atoms with Crippen molar-refractivity contribution in [1.29, 1.82) is 0 Å². The van der Waals surface area contributed by atoms with Gasteiger partial charge in [-0.05, 0) is 172 Å². The van der Waals surface area contributed by atoms with Crippen LogP contribution in [0.25, 0.3) is 0 Å². The van der Waals surface area contributed by atoms with Gasteiger partial charge in [0.25, 0.3) is 0 Å². The smallest absolute Gasteiger partial charge is 0.249 e. The van der Waals surface area contributed by atoms with Gasteiger partial charge < -0.3 is 24.5 Å². The van der Waals surface area contributed by atoms with E-state index in [1.54, 1.807) is 0 Å². The topological polar surface area (TPSA) is 16.2 Å². The van der Waals surface area contributed by atoms with Gasteiger partial charge in [0.2, 0.25) is 20.1 Å². The third-order valence-corrected chi connectivity index (χ3v) is 21.9. The third-order valence-electron chi connectivity index (χ3n) is 19.5. The summed E-state index contributed by atoms with van der Waals surface area (Å²) in [6.07, 6.45) is 0. The highest BCUT2D eigenvalue weighted by Crippen LogP contribution is 2.50. The molecule has 5 aliphatic heterocycles. The molecule has 14 aromatic rings. The van der Waals surface area contributed by atoms with E-state index in [-0.39, 0.29) is 20.1 Å². The molecule has 438 valence electrons.